The van der Waals surface area contributed by atoms with Crippen molar-refractivity contribution < 1.29 is 0 Å². The molecule has 0 aromatic carbocycles. The maximum absolute atomic E-state index is 5.61. The lowest BCUT2D eigenvalue weighted by Crippen LogP contribution is -2.35. The summed E-state index contributed by atoms with van der Waals surface area (Å²) in [6.45, 7) is 8.89. The highest BCUT2D eigenvalue weighted by atomic mass is 15.1. The molecule has 2 nitrogen and oxygen atoms in total. The molecule has 0 heterocycles. The summed E-state index contributed by atoms with van der Waals surface area (Å²) in [7, 11) is 0. The Morgan fingerprint density at radius 1 is 1.07 bits per heavy atom. The highest BCUT2D eigenvalue weighted by Crippen LogP contribution is 2.30. The van der Waals surface area contributed by atoms with Gasteiger partial charge in [-0.15, -0.1) is 0 Å². The fraction of sp³-hybridized carbons (Fsp3) is 1.00. The molecule has 0 amide bonds. The molecule has 0 aromatic heterocycles. The standard InChI is InChI=1S/C13H28N2/c1-3-12-5-7-13(8-6-12)11-15(4-2)10-9-14/h12-13H,3-11,14H2,1-2H3. The van der Waals surface area contributed by atoms with Crippen molar-refractivity contribution in [3.05, 3.63) is 0 Å². The van der Waals surface area contributed by atoms with Gasteiger partial charge in [-0.25, -0.2) is 0 Å². The molecule has 15 heavy (non-hydrogen) atoms. The van der Waals surface area contributed by atoms with Gasteiger partial charge in [0.2, 0.25) is 0 Å². The maximum atomic E-state index is 5.61. The van der Waals surface area contributed by atoms with Crippen LogP contribution in [-0.4, -0.2) is 31.1 Å². The Morgan fingerprint density at radius 2 is 1.67 bits per heavy atom. The van der Waals surface area contributed by atoms with Crippen LogP contribution < -0.4 is 5.73 Å². The van der Waals surface area contributed by atoms with Crippen molar-refractivity contribution in [1.82, 2.24) is 4.90 Å². The van der Waals surface area contributed by atoms with E-state index in [0.717, 1.165) is 31.5 Å². The predicted octanol–water partition coefficient (Wildman–Crippen LogP) is 2.48. The lowest BCUT2D eigenvalue weighted by molar-refractivity contribution is 0.187. The predicted molar refractivity (Wildman–Crippen MR) is 66.9 cm³/mol. The minimum absolute atomic E-state index is 0.804. The normalized spacial score (nSPS) is 27.2. The molecule has 2 heteroatoms. The number of nitrogens with zero attached hydrogens (tertiary/aromatic N) is 1. The van der Waals surface area contributed by atoms with Gasteiger partial charge in [-0.05, 0) is 31.2 Å². The van der Waals surface area contributed by atoms with Crippen molar-refractivity contribution in [2.24, 2.45) is 17.6 Å². The van der Waals surface area contributed by atoms with E-state index >= 15 is 0 Å². The first-order valence-electron chi connectivity index (χ1n) is 6.72. The summed E-state index contributed by atoms with van der Waals surface area (Å²) in [6, 6.07) is 0. The van der Waals surface area contributed by atoms with E-state index in [0.29, 0.717) is 0 Å². The van der Waals surface area contributed by atoms with Crippen molar-refractivity contribution in [2.45, 2.75) is 46.0 Å². The number of likely N-dealkylation sites (N-methyl/N-ethyl adjacent to an activating group) is 1. The lowest BCUT2D eigenvalue weighted by Gasteiger charge is -2.31. The van der Waals surface area contributed by atoms with Crippen LogP contribution in [0.4, 0.5) is 0 Å². The molecule has 0 radical (unpaired) electrons. The topological polar surface area (TPSA) is 29.3 Å². The molecule has 1 saturated carbocycles. The number of hydrogen-bond donors (Lipinski definition) is 1. The third-order valence-corrected chi connectivity index (χ3v) is 3.95. The zero-order chi connectivity index (χ0) is 11.1. The molecule has 1 aliphatic carbocycles. The molecule has 0 spiro atoms. The largest absolute Gasteiger partial charge is 0.329 e. The van der Waals surface area contributed by atoms with Crippen LogP contribution in [0.5, 0.6) is 0 Å². The molecular weight excluding hydrogens is 184 g/mol. The van der Waals surface area contributed by atoms with Crippen molar-refractivity contribution in [2.75, 3.05) is 26.2 Å². The second-order valence-corrected chi connectivity index (χ2v) is 4.98. The first kappa shape index (κ1) is 13.0. The first-order chi connectivity index (χ1) is 7.30. The van der Waals surface area contributed by atoms with Gasteiger partial charge in [0, 0.05) is 19.6 Å². The number of rotatable bonds is 6. The molecule has 1 aliphatic rings. The highest BCUT2D eigenvalue weighted by Gasteiger charge is 2.21. The van der Waals surface area contributed by atoms with Crippen LogP contribution in [0.2, 0.25) is 0 Å². The van der Waals surface area contributed by atoms with Gasteiger partial charge < -0.3 is 10.6 Å². The van der Waals surface area contributed by atoms with Crippen molar-refractivity contribution in [1.29, 1.82) is 0 Å². The summed E-state index contributed by atoms with van der Waals surface area (Å²) in [5, 5.41) is 0. The smallest absolute Gasteiger partial charge is 0.0105 e. The fourth-order valence-electron chi connectivity index (χ4n) is 2.75. The molecule has 0 atom stereocenters. The molecule has 2 N–H and O–H groups in total. The Labute approximate surface area is 95.2 Å². The van der Waals surface area contributed by atoms with Gasteiger partial charge >= 0.3 is 0 Å². The van der Waals surface area contributed by atoms with E-state index in [1.165, 1.54) is 38.6 Å². The summed E-state index contributed by atoms with van der Waals surface area (Å²) in [5.74, 6) is 1.96. The molecule has 1 rings (SSSR count). The summed E-state index contributed by atoms with van der Waals surface area (Å²) < 4.78 is 0. The van der Waals surface area contributed by atoms with Gasteiger partial charge in [0.25, 0.3) is 0 Å². The van der Waals surface area contributed by atoms with Gasteiger partial charge in [-0.3, -0.25) is 0 Å². The van der Waals surface area contributed by atoms with Gasteiger partial charge in [-0.1, -0.05) is 33.1 Å². The Hall–Kier alpha value is -0.0800. The molecule has 1 fully saturated rings. The van der Waals surface area contributed by atoms with Crippen LogP contribution in [0.3, 0.4) is 0 Å². The zero-order valence-corrected chi connectivity index (χ0v) is 10.5. The summed E-state index contributed by atoms with van der Waals surface area (Å²) in [6.07, 6.45) is 7.19. The molecule has 0 bridgehead atoms. The summed E-state index contributed by atoms with van der Waals surface area (Å²) >= 11 is 0. The van der Waals surface area contributed by atoms with Crippen LogP contribution in [-0.2, 0) is 0 Å². The summed E-state index contributed by atoms with van der Waals surface area (Å²) in [4.78, 5) is 2.51. The van der Waals surface area contributed by atoms with Crippen LogP contribution >= 0.6 is 0 Å². The quantitative estimate of drug-likeness (QED) is 0.733. The Bertz CT molecular complexity index is 151. The van der Waals surface area contributed by atoms with Crippen molar-refractivity contribution in [3.63, 3.8) is 0 Å². The van der Waals surface area contributed by atoms with Gasteiger partial charge in [-0.2, -0.15) is 0 Å². The average molecular weight is 212 g/mol. The van der Waals surface area contributed by atoms with Gasteiger partial charge in [0.1, 0.15) is 0 Å². The van der Waals surface area contributed by atoms with Gasteiger partial charge in [0.05, 0.1) is 0 Å². The van der Waals surface area contributed by atoms with Crippen LogP contribution in [0, 0.1) is 11.8 Å². The Balaban J connectivity index is 2.21. The molecule has 0 aliphatic heterocycles. The molecular formula is C13H28N2. The van der Waals surface area contributed by atoms with E-state index in [4.69, 9.17) is 5.73 Å². The second kappa shape index (κ2) is 7.24. The average Bonchev–Trinajstić information content (AvgIpc) is 2.29. The fourth-order valence-corrected chi connectivity index (χ4v) is 2.75. The first-order valence-corrected chi connectivity index (χ1v) is 6.72. The number of nitrogens with two attached hydrogens (primary N) is 1. The minimum Gasteiger partial charge on any atom is -0.329 e. The maximum Gasteiger partial charge on any atom is 0.0105 e. The Morgan fingerprint density at radius 3 is 2.13 bits per heavy atom. The summed E-state index contributed by atoms with van der Waals surface area (Å²) in [5.41, 5.74) is 5.61. The SMILES string of the molecule is CCC1CCC(CN(CC)CCN)CC1. The van der Waals surface area contributed by atoms with Gasteiger partial charge in [0.15, 0.2) is 0 Å². The lowest BCUT2D eigenvalue weighted by atomic mass is 9.80. The van der Waals surface area contributed by atoms with E-state index in [1.54, 1.807) is 0 Å². The van der Waals surface area contributed by atoms with E-state index < -0.39 is 0 Å². The van der Waals surface area contributed by atoms with E-state index in [-0.39, 0.29) is 0 Å². The molecule has 0 aromatic rings. The molecule has 90 valence electrons. The molecule has 0 saturated heterocycles. The van der Waals surface area contributed by atoms with E-state index in [1.807, 2.05) is 0 Å². The molecule has 0 unspecified atom stereocenters. The van der Waals surface area contributed by atoms with Crippen LogP contribution in [0.1, 0.15) is 46.0 Å². The van der Waals surface area contributed by atoms with Crippen molar-refractivity contribution in [3.8, 4) is 0 Å². The monoisotopic (exact) mass is 212 g/mol. The van der Waals surface area contributed by atoms with E-state index in [2.05, 4.69) is 18.7 Å². The van der Waals surface area contributed by atoms with Crippen molar-refractivity contribution >= 4 is 0 Å². The third kappa shape index (κ3) is 4.52. The van der Waals surface area contributed by atoms with E-state index in [9.17, 15) is 0 Å². The van der Waals surface area contributed by atoms with Crippen LogP contribution in [0.25, 0.3) is 0 Å². The highest BCUT2D eigenvalue weighted by molar-refractivity contribution is 4.74. The second-order valence-electron chi connectivity index (χ2n) is 4.98. The Kier molecular flexibility index (Phi) is 6.26. The minimum atomic E-state index is 0.804. The zero-order valence-electron chi connectivity index (χ0n) is 10.5. The number of hydrogen-bond acceptors (Lipinski definition) is 2. The van der Waals surface area contributed by atoms with Crippen LogP contribution in [0.15, 0.2) is 0 Å². The third-order valence-electron chi connectivity index (χ3n) is 3.95.